The SMILES string of the molecule is Cc1cccc(C=O)c1C.Cc1ccccc1. The Labute approximate surface area is 103 Å². The maximum absolute atomic E-state index is 10.4. The van der Waals surface area contributed by atoms with Crippen LogP contribution in [-0.2, 0) is 0 Å². The van der Waals surface area contributed by atoms with Gasteiger partial charge in [-0.25, -0.2) is 0 Å². The lowest BCUT2D eigenvalue weighted by atomic mass is 10.1. The van der Waals surface area contributed by atoms with Crippen LogP contribution in [0.5, 0.6) is 0 Å². The third-order valence-corrected chi connectivity index (χ3v) is 2.71. The van der Waals surface area contributed by atoms with Crippen LogP contribution in [-0.4, -0.2) is 6.29 Å². The van der Waals surface area contributed by atoms with Gasteiger partial charge in [-0.15, -0.1) is 0 Å². The summed E-state index contributed by atoms with van der Waals surface area (Å²) in [6, 6.07) is 16.0. The standard InChI is InChI=1S/C9H10O.C7H8/c1-7-4-3-5-9(6-10)8(7)2;1-7-5-3-2-4-6-7/h3-6H,1-2H3;2-6H,1H3. The fourth-order valence-corrected chi connectivity index (χ4v) is 1.44. The summed E-state index contributed by atoms with van der Waals surface area (Å²) in [4.78, 5) is 10.4. The van der Waals surface area contributed by atoms with Crippen molar-refractivity contribution < 1.29 is 4.79 Å². The summed E-state index contributed by atoms with van der Waals surface area (Å²) in [5, 5.41) is 0. The summed E-state index contributed by atoms with van der Waals surface area (Å²) >= 11 is 0. The monoisotopic (exact) mass is 226 g/mol. The highest BCUT2D eigenvalue weighted by atomic mass is 16.1. The van der Waals surface area contributed by atoms with Crippen molar-refractivity contribution in [1.82, 2.24) is 0 Å². The van der Waals surface area contributed by atoms with E-state index in [0.29, 0.717) is 0 Å². The zero-order valence-electron chi connectivity index (χ0n) is 10.6. The Morgan fingerprint density at radius 3 is 1.88 bits per heavy atom. The highest BCUT2D eigenvalue weighted by Gasteiger charge is 1.96. The number of carbonyl (C=O) groups excluding carboxylic acids is 1. The van der Waals surface area contributed by atoms with Gasteiger partial charge in [0.25, 0.3) is 0 Å². The Hall–Kier alpha value is -1.89. The molecule has 0 heterocycles. The van der Waals surface area contributed by atoms with Gasteiger partial charge in [-0.2, -0.15) is 0 Å². The first kappa shape index (κ1) is 13.2. The van der Waals surface area contributed by atoms with Gasteiger partial charge in [-0.1, -0.05) is 54.1 Å². The van der Waals surface area contributed by atoms with E-state index in [2.05, 4.69) is 19.1 Å². The number of rotatable bonds is 1. The maximum Gasteiger partial charge on any atom is 0.150 e. The summed E-state index contributed by atoms with van der Waals surface area (Å²) < 4.78 is 0. The first-order valence-electron chi connectivity index (χ1n) is 5.68. The molecule has 0 amide bonds. The molecule has 1 heteroatoms. The Balaban J connectivity index is 0.000000181. The van der Waals surface area contributed by atoms with Gasteiger partial charge in [0, 0.05) is 5.56 Å². The first-order chi connectivity index (χ1) is 8.15. The number of aldehydes is 1. The van der Waals surface area contributed by atoms with Gasteiger partial charge in [0.15, 0.2) is 0 Å². The van der Waals surface area contributed by atoms with Gasteiger partial charge >= 0.3 is 0 Å². The molecule has 0 aromatic heterocycles. The Morgan fingerprint density at radius 2 is 1.47 bits per heavy atom. The number of aryl methyl sites for hydroxylation is 2. The van der Waals surface area contributed by atoms with Crippen LogP contribution in [0.3, 0.4) is 0 Å². The van der Waals surface area contributed by atoms with E-state index in [1.165, 1.54) is 11.1 Å². The third kappa shape index (κ3) is 4.23. The van der Waals surface area contributed by atoms with E-state index in [9.17, 15) is 4.79 Å². The molecular formula is C16H18O. The fraction of sp³-hybridized carbons (Fsp3) is 0.188. The van der Waals surface area contributed by atoms with Gasteiger partial charge in [0.05, 0.1) is 0 Å². The van der Waals surface area contributed by atoms with Crippen LogP contribution in [0.4, 0.5) is 0 Å². The molecule has 2 rings (SSSR count). The summed E-state index contributed by atoms with van der Waals surface area (Å²) in [5.74, 6) is 0. The number of benzene rings is 2. The van der Waals surface area contributed by atoms with E-state index >= 15 is 0 Å². The Kier molecular flexibility index (Phi) is 5.15. The van der Waals surface area contributed by atoms with E-state index in [1.807, 2.05) is 50.2 Å². The summed E-state index contributed by atoms with van der Waals surface area (Å²) in [6.45, 7) is 6.04. The van der Waals surface area contributed by atoms with Crippen molar-refractivity contribution >= 4 is 6.29 Å². The minimum Gasteiger partial charge on any atom is -0.298 e. The molecule has 0 saturated carbocycles. The van der Waals surface area contributed by atoms with Crippen molar-refractivity contribution in [3.05, 3.63) is 70.8 Å². The molecule has 0 spiro atoms. The van der Waals surface area contributed by atoms with Crippen LogP contribution in [0.15, 0.2) is 48.5 Å². The van der Waals surface area contributed by atoms with Crippen LogP contribution >= 0.6 is 0 Å². The quantitative estimate of drug-likeness (QED) is 0.669. The van der Waals surface area contributed by atoms with Gasteiger partial charge in [0.1, 0.15) is 6.29 Å². The Morgan fingerprint density at radius 1 is 0.824 bits per heavy atom. The van der Waals surface area contributed by atoms with Crippen molar-refractivity contribution in [2.24, 2.45) is 0 Å². The molecule has 0 radical (unpaired) electrons. The lowest BCUT2D eigenvalue weighted by Gasteiger charge is -1.99. The molecule has 1 nitrogen and oxygen atoms in total. The molecule has 0 aliphatic carbocycles. The maximum atomic E-state index is 10.4. The van der Waals surface area contributed by atoms with Crippen molar-refractivity contribution in [3.63, 3.8) is 0 Å². The molecule has 2 aromatic rings. The average Bonchev–Trinajstić information content (AvgIpc) is 2.34. The zero-order chi connectivity index (χ0) is 12.7. The van der Waals surface area contributed by atoms with Crippen LogP contribution in [0.1, 0.15) is 27.0 Å². The van der Waals surface area contributed by atoms with Crippen molar-refractivity contribution in [2.75, 3.05) is 0 Å². The van der Waals surface area contributed by atoms with E-state index < -0.39 is 0 Å². The van der Waals surface area contributed by atoms with Crippen LogP contribution < -0.4 is 0 Å². The van der Waals surface area contributed by atoms with Crippen LogP contribution in [0.2, 0.25) is 0 Å². The van der Waals surface area contributed by atoms with Crippen molar-refractivity contribution in [2.45, 2.75) is 20.8 Å². The highest BCUT2D eigenvalue weighted by molar-refractivity contribution is 5.77. The van der Waals surface area contributed by atoms with Crippen LogP contribution in [0, 0.1) is 20.8 Å². The second kappa shape index (κ2) is 6.64. The summed E-state index contributed by atoms with van der Waals surface area (Å²) in [5.41, 5.74) is 4.37. The number of carbonyl (C=O) groups is 1. The third-order valence-electron chi connectivity index (χ3n) is 2.71. The van der Waals surface area contributed by atoms with Gasteiger partial charge in [-0.05, 0) is 31.9 Å². The fourth-order valence-electron chi connectivity index (χ4n) is 1.44. The number of hydrogen-bond acceptors (Lipinski definition) is 1. The van der Waals surface area contributed by atoms with Gasteiger partial charge in [0.2, 0.25) is 0 Å². The zero-order valence-corrected chi connectivity index (χ0v) is 10.6. The summed E-state index contributed by atoms with van der Waals surface area (Å²) in [6.07, 6.45) is 0.891. The highest BCUT2D eigenvalue weighted by Crippen LogP contribution is 2.09. The lowest BCUT2D eigenvalue weighted by Crippen LogP contribution is -1.87. The Bertz CT molecular complexity index is 472. The predicted octanol–water partition coefficient (Wildman–Crippen LogP) is 4.11. The molecule has 0 unspecified atom stereocenters. The number of hydrogen-bond donors (Lipinski definition) is 0. The average molecular weight is 226 g/mol. The molecule has 88 valence electrons. The topological polar surface area (TPSA) is 17.1 Å². The molecule has 17 heavy (non-hydrogen) atoms. The molecule has 0 fully saturated rings. The summed E-state index contributed by atoms with van der Waals surface area (Å²) in [7, 11) is 0. The predicted molar refractivity (Wildman–Crippen MR) is 72.5 cm³/mol. The van der Waals surface area contributed by atoms with Crippen molar-refractivity contribution in [1.29, 1.82) is 0 Å². The van der Waals surface area contributed by atoms with E-state index in [-0.39, 0.29) is 0 Å². The van der Waals surface area contributed by atoms with Crippen molar-refractivity contribution in [3.8, 4) is 0 Å². The van der Waals surface area contributed by atoms with Gasteiger partial charge < -0.3 is 0 Å². The minimum atomic E-state index is 0.792. The molecule has 0 N–H and O–H groups in total. The normalized spacial score (nSPS) is 9.12. The lowest BCUT2D eigenvalue weighted by molar-refractivity contribution is 0.112. The minimum absolute atomic E-state index is 0.792. The largest absolute Gasteiger partial charge is 0.298 e. The molecule has 0 bridgehead atoms. The van der Waals surface area contributed by atoms with E-state index in [4.69, 9.17) is 0 Å². The van der Waals surface area contributed by atoms with Crippen LogP contribution in [0.25, 0.3) is 0 Å². The molecule has 0 saturated heterocycles. The second-order valence-corrected chi connectivity index (χ2v) is 4.06. The molecule has 0 atom stereocenters. The molecular weight excluding hydrogens is 208 g/mol. The van der Waals surface area contributed by atoms with Gasteiger partial charge in [-0.3, -0.25) is 4.79 Å². The van der Waals surface area contributed by atoms with E-state index in [0.717, 1.165) is 17.4 Å². The molecule has 2 aromatic carbocycles. The first-order valence-corrected chi connectivity index (χ1v) is 5.68. The molecule has 0 aliphatic rings. The molecule has 0 aliphatic heterocycles. The smallest absolute Gasteiger partial charge is 0.150 e. The second-order valence-electron chi connectivity index (χ2n) is 4.06. The van der Waals surface area contributed by atoms with E-state index in [1.54, 1.807) is 0 Å².